The molecule has 0 aromatic carbocycles. The van der Waals surface area contributed by atoms with Crippen LogP contribution >= 0.6 is 0 Å². The van der Waals surface area contributed by atoms with E-state index in [1.807, 2.05) is 0 Å². The summed E-state index contributed by atoms with van der Waals surface area (Å²) < 4.78 is 0. The van der Waals surface area contributed by atoms with Crippen LogP contribution in [0, 0.1) is 5.92 Å². The Hall–Kier alpha value is -1.36. The molecule has 1 aromatic rings. The molecule has 1 unspecified atom stereocenters. The van der Waals surface area contributed by atoms with Gasteiger partial charge in [-0.15, -0.1) is 0 Å². The van der Waals surface area contributed by atoms with Gasteiger partial charge in [0.1, 0.15) is 18.0 Å². The number of aromatic nitrogens is 2. The van der Waals surface area contributed by atoms with Crippen molar-refractivity contribution in [1.82, 2.24) is 9.97 Å². The van der Waals surface area contributed by atoms with Crippen LogP contribution < -0.4 is 10.6 Å². The standard InChI is InChI=1S/C16H30N4O/c1-4-7-13(9-10-21)11-18-16-14(8-5-2)15(17-6-3)19-12-20-16/h12-13,21H,4-11H2,1-3H3,(H2,17,18,19,20). The molecule has 0 saturated carbocycles. The van der Waals surface area contributed by atoms with Crippen molar-refractivity contribution in [2.45, 2.75) is 52.9 Å². The molecule has 1 atom stereocenters. The molecule has 0 radical (unpaired) electrons. The fourth-order valence-corrected chi connectivity index (χ4v) is 2.55. The molecule has 3 N–H and O–H groups in total. The Labute approximate surface area is 128 Å². The lowest BCUT2D eigenvalue weighted by atomic mass is 10.00. The van der Waals surface area contributed by atoms with Gasteiger partial charge >= 0.3 is 0 Å². The van der Waals surface area contributed by atoms with Crippen LogP contribution in [-0.2, 0) is 6.42 Å². The Bertz CT molecular complexity index is 392. The molecule has 0 amide bonds. The van der Waals surface area contributed by atoms with Gasteiger partial charge in [-0.1, -0.05) is 26.7 Å². The number of aliphatic hydroxyl groups excluding tert-OH is 1. The molecule has 0 aliphatic heterocycles. The summed E-state index contributed by atoms with van der Waals surface area (Å²) in [5.74, 6) is 2.36. The van der Waals surface area contributed by atoms with Crippen molar-refractivity contribution in [3.63, 3.8) is 0 Å². The molecule has 0 aliphatic rings. The Morgan fingerprint density at radius 2 is 1.76 bits per heavy atom. The minimum Gasteiger partial charge on any atom is -0.396 e. The van der Waals surface area contributed by atoms with Gasteiger partial charge in [-0.2, -0.15) is 0 Å². The van der Waals surface area contributed by atoms with Crippen molar-refractivity contribution >= 4 is 11.6 Å². The van der Waals surface area contributed by atoms with Crippen LogP contribution in [0.25, 0.3) is 0 Å². The average Bonchev–Trinajstić information content (AvgIpc) is 2.48. The van der Waals surface area contributed by atoms with Crippen LogP contribution in [0.4, 0.5) is 11.6 Å². The zero-order valence-electron chi connectivity index (χ0n) is 13.7. The van der Waals surface area contributed by atoms with Crippen LogP contribution in [0.15, 0.2) is 6.33 Å². The first-order valence-corrected chi connectivity index (χ1v) is 8.19. The first-order valence-electron chi connectivity index (χ1n) is 8.19. The second kappa shape index (κ2) is 10.4. The number of rotatable bonds is 11. The third kappa shape index (κ3) is 5.87. The first-order chi connectivity index (χ1) is 10.3. The van der Waals surface area contributed by atoms with Crippen molar-refractivity contribution in [1.29, 1.82) is 0 Å². The number of hydrogen-bond acceptors (Lipinski definition) is 5. The minimum atomic E-state index is 0.251. The molecule has 1 rings (SSSR count). The molecule has 1 heterocycles. The number of aliphatic hydroxyl groups is 1. The molecule has 5 nitrogen and oxygen atoms in total. The lowest BCUT2D eigenvalue weighted by molar-refractivity contribution is 0.255. The van der Waals surface area contributed by atoms with Gasteiger partial charge in [0, 0.05) is 25.3 Å². The van der Waals surface area contributed by atoms with Gasteiger partial charge in [0.2, 0.25) is 0 Å². The van der Waals surface area contributed by atoms with E-state index in [2.05, 4.69) is 41.4 Å². The summed E-state index contributed by atoms with van der Waals surface area (Å²) >= 11 is 0. The van der Waals surface area contributed by atoms with Crippen molar-refractivity contribution in [2.75, 3.05) is 30.3 Å². The monoisotopic (exact) mass is 294 g/mol. The fraction of sp³-hybridized carbons (Fsp3) is 0.750. The second-order valence-electron chi connectivity index (χ2n) is 5.38. The molecule has 120 valence electrons. The third-order valence-corrected chi connectivity index (χ3v) is 3.58. The van der Waals surface area contributed by atoms with E-state index in [1.54, 1.807) is 6.33 Å². The number of nitrogens with one attached hydrogen (secondary N) is 2. The zero-order valence-corrected chi connectivity index (χ0v) is 13.7. The van der Waals surface area contributed by atoms with Gasteiger partial charge in [-0.05, 0) is 32.1 Å². The Morgan fingerprint density at radius 3 is 2.33 bits per heavy atom. The van der Waals surface area contributed by atoms with E-state index in [-0.39, 0.29) is 6.61 Å². The molecule has 0 fully saturated rings. The molecular weight excluding hydrogens is 264 g/mol. The van der Waals surface area contributed by atoms with Crippen LogP contribution in [0.3, 0.4) is 0 Å². The maximum atomic E-state index is 9.15. The van der Waals surface area contributed by atoms with Gasteiger partial charge in [-0.3, -0.25) is 0 Å². The van der Waals surface area contributed by atoms with Crippen LogP contribution in [0.1, 0.15) is 52.0 Å². The van der Waals surface area contributed by atoms with E-state index in [0.717, 1.165) is 56.8 Å². The summed E-state index contributed by atoms with van der Waals surface area (Å²) in [6.45, 7) is 8.38. The summed E-state index contributed by atoms with van der Waals surface area (Å²) in [5.41, 5.74) is 1.17. The fourth-order valence-electron chi connectivity index (χ4n) is 2.55. The summed E-state index contributed by atoms with van der Waals surface area (Å²) in [5, 5.41) is 15.9. The summed E-state index contributed by atoms with van der Waals surface area (Å²) in [4.78, 5) is 8.75. The Morgan fingerprint density at radius 1 is 1.05 bits per heavy atom. The van der Waals surface area contributed by atoms with Crippen molar-refractivity contribution in [3.8, 4) is 0 Å². The zero-order chi connectivity index (χ0) is 15.5. The molecule has 5 heteroatoms. The summed E-state index contributed by atoms with van der Waals surface area (Å²) in [6.07, 6.45) is 6.75. The van der Waals surface area contributed by atoms with E-state index < -0.39 is 0 Å². The Balaban J connectivity index is 2.78. The largest absolute Gasteiger partial charge is 0.396 e. The molecule has 0 bridgehead atoms. The molecule has 1 aromatic heterocycles. The number of anilines is 2. The average molecular weight is 294 g/mol. The number of nitrogens with zero attached hydrogens (tertiary/aromatic N) is 2. The van der Waals surface area contributed by atoms with E-state index in [4.69, 9.17) is 5.11 Å². The Kier molecular flexibility index (Phi) is 8.74. The maximum absolute atomic E-state index is 9.15. The van der Waals surface area contributed by atoms with Gasteiger partial charge in [0.05, 0.1) is 0 Å². The van der Waals surface area contributed by atoms with E-state index >= 15 is 0 Å². The highest BCUT2D eigenvalue weighted by molar-refractivity contribution is 5.57. The second-order valence-corrected chi connectivity index (χ2v) is 5.38. The molecule has 0 aliphatic carbocycles. The summed E-state index contributed by atoms with van der Waals surface area (Å²) in [6, 6.07) is 0. The van der Waals surface area contributed by atoms with E-state index in [0.29, 0.717) is 5.92 Å². The number of hydrogen-bond donors (Lipinski definition) is 3. The van der Waals surface area contributed by atoms with Crippen LogP contribution in [0.2, 0.25) is 0 Å². The highest BCUT2D eigenvalue weighted by Gasteiger charge is 2.12. The van der Waals surface area contributed by atoms with Crippen LogP contribution in [-0.4, -0.2) is 34.8 Å². The smallest absolute Gasteiger partial charge is 0.134 e. The van der Waals surface area contributed by atoms with Gasteiger partial charge in [0.25, 0.3) is 0 Å². The predicted octanol–water partition coefficient (Wildman–Crippen LogP) is 3.07. The third-order valence-electron chi connectivity index (χ3n) is 3.58. The molecular formula is C16H30N4O. The highest BCUT2D eigenvalue weighted by Crippen LogP contribution is 2.22. The normalized spacial score (nSPS) is 12.2. The SMILES string of the molecule is CCCc1c(NCC)ncnc1NCC(CCC)CCO. The molecule has 21 heavy (non-hydrogen) atoms. The quantitative estimate of drug-likeness (QED) is 0.585. The lowest BCUT2D eigenvalue weighted by Crippen LogP contribution is -2.18. The topological polar surface area (TPSA) is 70.1 Å². The van der Waals surface area contributed by atoms with Gasteiger partial charge < -0.3 is 15.7 Å². The van der Waals surface area contributed by atoms with Crippen molar-refractivity contribution in [3.05, 3.63) is 11.9 Å². The minimum absolute atomic E-state index is 0.251. The maximum Gasteiger partial charge on any atom is 0.134 e. The highest BCUT2D eigenvalue weighted by atomic mass is 16.3. The lowest BCUT2D eigenvalue weighted by Gasteiger charge is -2.19. The van der Waals surface area contributed by atoms with Gasteiger partial charge in [0.15, 0.2) is 0 Å². The van der Waals surface area contributed by atoms with Crippen LogP contribution in [0.5, 0.6) is 0 Å². The predicted molar refractivity (Wildman–Crippen MR) is 88.8 cm³/mol. The summed E-state index contributed by atoms with van der Waals surface area (Å²) in [7, 11) is 0. The first kappa shape index (κ1) is 17.7. The molecule has 0 saturated heterocycles. The van der Waals surface area contributed by atoms with E-state index in [9.17, 15) is 0 Å². The van der Waals surface area contributed by atoms with E-state index in [1.165, 1.54) is 5.56 Å². The molecule has 0 spiro atoms. The van der Waals surface area contributed by atoms with Crippen molar-refractivity contribution < 1.29 is 5.11 Å². The van der Waals surface area contributed by atoms with Crippen molar-refractivity contribution in [2.24, 2.45) is 5.92 Å². The van der Waals surface area contributed by atoms with Gasteiger partial charge in [-0.25, -0.2) is 9.97 Å².